The van der Waals surface area contributed by atoms with Crippen LogP contribution in [0.1, 0.15) is 6.42 Å². The summed E-state index contributed by atoms with van der Waals surface area (Å²) in [4.78, 5) is 22.3. The maximum atomic E-state index is 13.1. The molecule has 0 spiro atoms. The molecule has 0 bridgehead atoms. The molecule has 18 heavy (non-hydrogen) atoms. The van der Waals surface area contributed by atoms with Crippen LogP contribution in [-0.2, 0) is 9.59 Å². The highest BCUT2D eigenvalue weighted by molar-refractivity contribution is 6.35. The van der Waals surface area contributed by atoms with Crippen LogP contribution in [0.15, 0.2) is 12.1 Å². The average Bonchev–Trinajstić information content (AvgIpc) is 3.05. The fraction of sp³-hybridized carbons (Fsp3) is 0.273. The molecule has 1 aromatic rings. The normalized spacial score (nSPS) is 21.5. The molecule has 1 amide bonds. The van der Waals surface area contributed by atoms with Crippen LogP contribution in [0, 0.1) is 17.7 Å². The number of aliphatic carboxylic acids is 1. The van der Waals surface area contributed by atoms with E-state index >= 15 is 0 Å². The average molecular weight is 292 g/mol. The predicted molar refractivity (Wildman–Crippen MR) is 64.3 cm³/mol. The third kappa shape index (κ3) is 2.57. The number of hydrogen-bond acceptors (Lipinski definition) is 2. The van der Waals surface area contributed by atoms with Crippen molar-refractivity contribution in [2.24, 2.45) is 11.8 Å². The van der Waals surface area contributed by atoms with Gasteiger partial charge in [0.1, 0.15) is 0 Å². The van der Waals surface area contributed by atoms with E-state index in [-0.39, 0.29) is 15.7 Å². The highest BCUT2D eigenvalue weighted by Crippen LogP contribution is 2.39. The summed E-state index contributed by atoms with van der Waals surface area (Å²) in [5, 5.41) is 10.7. The number of carbonyl (C=O) groups is 2. The molecule has 2 N–H and O–H groups in total. The van der Waals surface area contributed by atoms with Crippen LogP contribution in [0.4, 0.5) is 10.1 Å². The summed E-state index contributed by atoms with van der Waals surface area (Å²) in [6, 6.07) is 2.44. The van der Waals surface area contributed by atoms with Gasteiger partial charge >= 0.3 is 5.97 Å². The predicted octanol–water partition coefficient (Wildman–Crippen LogP) is 2.79. The van der Waals surface area contributed by atoms with Crippen molar-refractivity contribution in [1.82, 2.24) is 0 Å². The van der Waals surface area contributed by atoms with Crippen molar-refractivity contribution in [3.63, 3.8) is 0 Å². The minimum absolute atomic E-state index is 0.205. The molecular formula is C11H8Cl2FNO3. The summed E-state index contributed by atoms with van der Waals surface area (Å²) >= 11 is 11.1. The summed E-state index contributed by atoms with van der Waals surface area (Å²) in [5.74, 6) is -3.38. The number of hydrogen-bond donors (Lipinski definition) is 2. The van der Waals surface area contributed by atoms with Gasteiger partial charge in [0.25, 0.3) is 0 Å². The number of carbonyl (C=O) groups excluding carboxylic acids is 1. The maximum Gasteiger partial charge on any atom is 0.307 e. The standard InChI is InChI=1S/C11H8Cl2FNO3/c12-7-1-4(2-8(13)9(7)14)15-10(16)5-3-6(5)11(17)18/h1-2,5-6H,3H2,(H,15,16)(H,17,18). The largest absolute Gasteiger partial charge is 0.481 e. The Labute approximate surface area is 112 Å². The van der Waals surface area contributed by atoms with Gasteiger partial charge in [-0.2, -0.15) is 0 Å². The zero-order valence-electron chi connectivity index (χ0n) is 8.91. The first-order valence-corrected chi connectivity index (χ1v) is 5.84. The lowest BCUT2D eigenvalue weighted by Crippen LogP contribution is -2.16. The van der Waals surface area contributed by atoms with Gasteiger partial charge in [-0.1, -0.05) is 23.2 Å². The second-order valence-electron chi connectivity index (χ2n) is 4.03. The molecule has 2 rings (SSSR count). The quantitative estimate of drug-likeness (QED) is 0.842. The lowest BCUT2D eigenvalue weighted by molar-refractivity contribution is -0.139. The van der Waals surface area contributed by atoms with Gasteiger partial charge in [0.05, 0.1) is 21.9 Å². The SMILES string of the molecule is O=C(O)C1CC1C(=O)Nc1cc(Cl)c(F)c(Cl)c1. The van der Waals surface area contributed by atoms with E-state index < -0.39 is 29.5 Å². The van der Waals surface area contributed by atoms with E-state index in [9.17, 15) is 14.0 Å². The Morgan fingerprint density at radius 1 is 1.28 bits per heavy atom. The van der Waals surface area contributed by atoms with Crippen LogP contribution in [0.5, 0.6) is 0 Å². The molecule has 0 aliphatic heterocycles. The van der Waals surface area contributed by atoms with Crippen molar-refractivity contribution in [3.05, 3.63) is 28.0 Å². The number of benzene rings is 1. The van der Waals surface area contributed by atoms with Crippen molar-refractivity contribution < 1.29 is 19.1 Å². The van der Waals surface area contributed by atoms with Crippen LogP contribution in [0.2, 0.25) is 10.0 Å². The van der Waals surface area contributed by atoms with Gasteiger partial charge in [-0.25, -0.2) is 4.39 Å². The third-order valence-corrected chi connectivity index (χ3v) is 3.25. The van der Waals surface area contributed by atoms with Gasteiger partial charge in [-0.15, -0.1) is 0 Å². The van der Waals surface area contributed by atoms with Crippen LogP contribution in [-0.4, -0.2) is 17.0 Å². The molecule has 0 saturated heterocycles. The lowest BCUT2D eigenvalue weighted by Gasteiger charge is -2.06. The fourth-order valence-electron chi connectivity index (χ4n) is 1.62. The molecule has 1 aliphatic rings. The van der Waals surface area contributed by atoms with Crippen molar-refractivity contribution in [3.8, 4) is 0 Å². The number of carboxylic acids is 1. The van der Waals surface area contributed by atoms with Crippen molar-refractivity contribution in [2.75, 3.05) is 5.32 Å². The molecule has 7 heteroatoms. The number of rotatable bonds is 3. The minimum atomic E-state index is -0.995. The molecule has 0 heterocycles. The lowest BCUT2D eigenvalue weighted by atomic mass is 10.2. The first-order valence-electron chi connectivity index (χ1n) is 5.08. The van der Waals surface area contributed by atoms with Gasteiger partial charge in [-0.05, 0) is 18.6 Å². The van der Waals surface area contributed by atoms with Gasteiger partial charge < -0.3 is 10.4 Å². The van der Waals surface area contributed by atoms with E-state index in [1.54, 1.807) is 0 Å². The van der Waals surface area contributed by atoms with E-state index in [2.05, 4.69) is 5.32 Å². The Kier molecular flexibility index (Phi) is 3.45. The highest BCUT2D eigenvalue weighted by Gasteiger charge is 2.48. The summed E-state index contributed by atoms with van der Waals surface area (Å²) in [5.41, 5.74) is 0.243. The molecule has 4 nitrogen and oxygen atoms in total. The summed E-state index contributed by atoms with van der Waals surface area (Å²) in [7, 11) is 0. The van der Waals surface area contributed by atoms with E-state index in [1.807, 2.05) is 0 Å². The van der Waals surface area contributed by atoms with Crippen LogP contribution >= 0.6 is 23.2 Å². The maximum absolute atomic E-state index is 13.1. The van der Waals surface area contributed by atoms with Crippen LogP contribution < -0.4 is 5.32 Å². The topological polar surface area (TPSA) is 66.4 Å². The first kappa shape index (κ1) is 13.1. The molecule has 1 aliphatic carbocycles. The summed E-state index contributed by atoms with van der Waals surface area (Å²) < 4.78 is 13.1. The van der Waals surface area contributed by atoms with Gasteiger partial charge in [-0.3, -0.25) is 9.59 Å². The van der Waals surface area contributed by atoms with Gasteiger partial charge in [0, 0.05) is 5.69 Å². The molecule has 96 valence electrons. The number of amides is 1. The fourth-order valence-corrected chi connectivity index (χ4v) is 2.11. The van der Waals surface area contributed by atoms with Crippen LogP contribution in [0.25, 0.3) is 0 Å². The number of nitrogens with one attached hydrogen (secondary N) is 1. The first-order chi connectivity index (χ1) is 8.40. The summed E-state index contributed by atoms with van der Waals surface area (Å²) in [6.07, 6.45) is 0.309. The Hall–Kier alpha value is -1.33. The molecule has 2 atom stereocenters. The zero-order chi connectivity index (χ0) is 13.4. The molecule has 0 aromatic heterocycles. The van der Waals surface area contributed by atoms with Crippen molar-refractivity contribution >= 4 is 40.8 Å². The Balaban J connectivity index is 2.07. The van der Waals surface area contributed by atoms with E-state index in [0.717, 1.165) is 0 Å². The Morgan fingerprint density at radius 2 is 1.83 bits per heavy atom. The van der Waals surface area contributed by atoms with E-state index in [4.69, 9.17) is 28.3 Å². The minimum Gasteiger partial charge on any atom is -0.481 e. The monoisotopic (exact) mass is 291 g/mol. The smallest absolute Gasteiger partial charge is 0.307 e. The van der Waals surface area contributed by atoms with Crippen LogP contribution in [0.3, 0.4) is 0 Å². The second-order valence-corrected chi connectivity index (χ2v) is 4.84. The molecule has 1 saturated carbocycles. The molecule has 1 fully saturated rings. The molecule has 1 aromatic carbocycles. The highest BCUT2D eigenvalue weighted by atomic mass is 35.5. The van der Waals surface area contributed by atoms with E-state index in [1.165, 1.54) is 12.1 Å². The van der Waals surface area contributed by atoms with E-state index in [0.29, 0.717) is 6.42 Å². The zero-order valence-corrected chi connectivity index (χ0v) is 10.4. The molecular weight excluding hydrogens is 284 g/mol. The Bertz CT molecular complexity index is 512. The van der Waals surface area contributed by atoms with Crippen molar-refractivity contribution in [1.29, 1.82) is 0 Å². The van der Waals surface area contributed by atoms with Crippen molar-refractivity contribution in [2.45, 2.75) is 6.42 Å². The Morgan fingerprint density at radius 3 is 2.28 bits per heavy atom. The summed E-state index contributed by atoms with van der Waals surface area (Å²) in [6.45, 7) is 0. The number of carboxylic acid groups (broad SMARTS) is 1. The second kappa shape index (κ2) is 4.74. The molecule has 0 radical (unpaired) electrons. The van der Waals surface area contributed by atoms with Gasteiger partial charge in [0.2, 0.25) is 5.91 Å². The third-order valence-electron chi connectivity index (χ3n) is 2.70. The van der Waals surface area contributed by atoms with Gasteiger partial charge in [0.15, 0.2) is 5.82 Å². The number of anilines is 1. The number of halogens is 3. The molecule has 2 unspecified atom stereocenters.